The van der Waals surface area contributed by atoms with Crippen molar-refractivity contribution in [3.05, 3.63) is 54.4 Å². The molecule has 0 atom stereocenters. The molecule has 1 aliphatic rings. The van der Waals surface area contributed by atoms with E-state index in [1.807, 2.05) is 58.3 Å². The van der Waals surface area contributed by atoms with Gasteiger partial charge in [0.15, 0.2) is 0 Å². The van der Waals surface area contributed by atoms with Gasteiger partial charge in [0.25, 0.3) is 5.91 Å². The van der Waals surface area contributed by atoms with E-state index in [9.17, 15) is 4.79 Å². The minimum absolute atomic E-state index is 0.150. The van der Waals surface area contributed by atoms with Crippen LogP contribution in [0, 0.1) is 0 Å². The van der Waals surface area contributed by atoms with Gasteiger partial charge in [-0.15, -0.1) is 0 Å². The topological polar surface area (TPSA) is 29.7 Å². The molecule has 1 fully saturated rings. The maximum atomic E-state index is 12.4. The third-order valence-electron chi connectivity index (χ3n) is 3.92. The number of hydrogen-bond acceptors (Lipinski definition) is 1. The Hall–Kier alpha value is -2.07. The van der Waals surface area contributed by atoms with Crippen LogP contribution >= 0.6 is 0 Å². The van der Waals surface area contributed by atoms with E-state index in [1.54, 1.807) is 0 Å². The molecule has 0 spiro atoms. The molecular formula is C16H20N3O+. The number of carbonyl (C=O) groups excluding carboxylic acids is 1. The highest BCUT2D eigenvalue weighted by molar-refractivity contribution is 5.94. The van der Waals surface area contributed by atoms with Crippen LogP contribution in [-0.4, -0.2) is 48.6 Å². The van der Waals surface area contributed by atoms with Crippen LogP contribution in [0.2, 0.25) is 0 Å². The summed E-state index contributed by atoms with van der Waals surface area (Å²) >= 11 is 0. The van der Waals surface area contributed by atoms with Crippen LogP contribution in [0.3, 0.4) is 0 Å². The van der Waals surface area contributed by atoms with Crippen molar-refractivity contribution in [3.63, 3.8) is 0 Å². The molecule has 20 heavy (non-hydrogen) atoms. The summed E-state index contributed by atoms with van der Waals surface area (Å²) in [4.78, 5) is 15.9. The van der Waals surface area contributed by atoms with Crippen molar-refractivity contribution < 1.29 is 9.69 Å². The van der Waals surface area contributed by atoms with Crippen LogP contribution in [-0.2, 0) is 0 Å². The lowest BCUT2D eigenvalue weighted by atomic mass is 10.1. The predicted molar refractivity (Wildman–Crippen MR) is 78.3 cm³/mol. The second-order valence-corrected chi connectivity index (χ2v) is 5.39. The molecule has 1 aromatic carbocycles. The predicted octanol–water partition coefficient (Wildman–Crippen LogP) is 0.448. The summed E-state index contributed by atoms with van der Waals surface area (Å²) in [7, 11) is 2.17. The van der Waals surface area contributed by atoms with E-state index < -0.39 is 0 Å². The standard InChI is InChI=1S/C16H19N3O/c1-17-10-12-19(13-11-17)16(20)14-4-6-15(7-5-14)18-8-2-3-9-18/h2-9H,10-13H2,1H3/p+1. The summed E-state index contributed by atoms with van der Waals surface area (Å²) in [6.07, 6.45) is 4.00. The average Bonchev–Trinajstić information content (AvgIpc) is 3.02. The van der Waals surface area contributed by atoms with E-state index in [0.717, 1.165) is 37.4 Å². The molecule has 0 bridgehead atoms. The first-order valence-electron chi connectivity index (χ1n) is 7.08. The van der Waals surface area contributed by atoms with Crippen molar-refractivity contribution in [1.29, 1.82) is 0 Å². The Morgan fingerprint density at radius 1 is 1.05 bits per heavy atom. The quantitative estimate of drug-likeness (QED) is 0.843. The van der Waals surface area contributed by atoms with Crippen LogP contribution < -0.4 is 4.90 Å². The second-order valence-electron chi connectivity index (χ2n) is 5.39. The van der Waals surface area contributed by atoms with Crippen LogP contribution in [0.15, 0.2) is 48.8 Å². The highest BCUT2D eigenvalue weighted by atomic mass is 16.2. The zero-order valence-electron chi connectivity index (χ0n) is 11.7. The van der Waals surface area contributed by atoms with Gasteiger partial charge in [0, 0.05) is 23.6 Å². The van der Waals surface area contributed by atoms with Gasteiger partial charge in [-0.3, -0.25) is 4.79 Å². The fourth-order valence-electron chi connectivity index (χ4n) is 2.56. The lowest BCUT2D eigenvalue weighted by Gasteiger charge is -2.30. The summed E-state index contributed by atoms with van der Waals surface area (Å²) in [5.74, 6) is 0.150. The number of likely N-dealkylation sites (N-methyl/N-ethyl adjacent to an activating group) is 1. The molecule has 0 unspecified atom stereocenters. The molecule has 1 saturated heterocycles. The third kappa shape index (κ3) is 2.60. The molecule has 3 rings (SSSR count). The first-order chi connectivity index (χ1) is 9.74. The van der Waals surface area contributed by atoms with Crippen molar-refractivity contribution in [2.24, 2.45) is 0 Å². The van der Waals surface area contributed by atoms with Gasteiger partial charge in [-0.1, -0.05) is 0 Å². The van der Waals surface area contributed by atoms with Gasteiger partial charge in [-0.25, -0.2) is 0 Å². The van der Waals surface area contributed by atoms with Crippen molar-refractivity contribution in [2.45, 2.75) is 0 Å². The third-order valence-corrected chi connectivity index (χ3v) is 3.92. The Bertz CT molecular complexity index is 566. The number of carbonyl (C=O) groups is 1. The maximum absolute atomic E-state index is 12.4. The molecule has 1 N–H and O–H groups in total. The SMILES string of the molecule is C[NH+]1CCN(C(=O)c2ccc(-n3cccc3)cc2)CC1. The average molecular weight is 270 g/mol. The first-order valence-corrected chi connectivity index (χ1v) is 7.08. The fourth-order valence-corrected chi connectivity index (χ4v) is 2.56. The molecule has 2 aromatic rings. The summed E-state index contributed by atoms with van der Waals surface area (Å²) in [6.45, 7) is 3.77. The van der Waals surface area contributed by atoms with Gasteiger partial charge in [0.05, 0.1) is 33.2 Å². The number of nitrogens with zero attached hydrogens (tertiary/aromatic N) is 2. The molecule has 4 nitrogen and oxygen atoms in total. The van der Waals surface area contributed by atoms with Gasteiger partial charge in [0.1, 0.15) is 0 Å². The number of piperazine rings is 1. The first kappa shape index (κ1) is 12.9. The number of quaternary nitrogens is 1. The summed E-state index contributed by atoms with van der Waals surface area (Å²) in [6, 6.07) is 11.8. The highest BCUT2D eigenvalue weighted by Crippen LogP contribution is 2.12. The van der Waals surface area contributed by atoms with Crippen molar-refractivity contribution in [1.82, 2.24) is 9.47 Å². The van der Waals surface area contributed by atoms with E-state index in [2.05, 4.69) is 7.05 Å². The van der Waals surface area contributed by atoms with E-state index in [-0.39, 0.29) is 5.91 Å². The summed E-state index contributed by atoms with van der Waals surface area (Å²) in [5.41, 5.74) is 1.86. The molecule has 104 valence electrons. The van der Waals surface area contributed by atoms with Gasteiger partial charge in [0.2, 0.25) is 0 Å². The van der Waals surface area contributed by atoms with E-state index in [4.69, 9.17) is 0 Å². The molecule has 0 aliphatic carbocycles. The number of benzene rings is 1. The lowest BCUT2D eigenvalue weighted by Crippen LogP contribution is -3.12. The van der Waals surface area contributed by atoms with Gasteiger partial charge < -0.3 is 14.4 Å². The van der Waals surface area contributed by atoms with E-state index >= 15 is 0 Å². The maximum Gasteiger partial charge on any atom is 0.254 e. The van der Waals surface area contributed by atoms with Crippen LogP contribution in [0.5, 0.6) is 0 Å². The molecule has 2 heterocycles. The zero-order chi connectivity index (χ0) is 13.9. The number of rotatable bonds is 2. The number of nitrogens with one attached hydrogen (secondary N) is 1. The zero-order valence-corrected chi connectivity index (χ0v) is 11.7. The van der Waals surface area contributed by atoms with Crippen molar-refractivity contribution in [2.75, 3.05) is 33.2 Å². The Kier molecular flexibility index (Phi) is 3.56. The normalized spacial score (nSPS) is 16.4. The van der Waals surface area contributed by atoms with Gasteiger partial charge in [-0.05, 0) is 36.4 Å². The monoisotopic (exact) mass is 270 g/mol. The van der Waals surface area contributed by atoms with E-state index in [1.165, 1.54) is 4.90 Å². The molecule has 0 radical (unpaired) electrons. The summed E-state index contributed by atoms with van der Waals surface area (Å²) < 4.78 is 2.04. The van der Waals surface area contributed by atoms with Crippen LogP contribution in [0.1, 0.15) is 10.4 Å². The molecule has 4 heteroatoms. The molecular weight excluding hydrogens is 250 g/mol. The molecule has 1 amide bonds. The number of hydrogen-bond donors (Lipinski definition) is 1. The van der Waals surface area contributed by atoms with Gasteiger partial charge >= 0.3 is 0 Å². The molecule has 0 saturated carbocycles. The Morgan fingerprint density at radius 2 is 1.65 bits per heavy atom. The Labute approximate surface area is 119 Å². The lowest BCUT2D eigenvalue weighted by molar-refractivity contribution is -0.883. The van der Waals surface area contributed by atoms with Crippen molar-refractivity contribution in [3.8, 4) is 5.69 Å². The van der Waals surface area contributed by atoms with Crippen molar-refractivity contribution >= 4 is 5.91 Å². The molecule has 1 aliphatic heterocycles. The van der Waals surface area contributed by atoms with Crippen LogP contribution in [0.25, 0.3) is 5.69 Å². The van der Waals surface area contributed by atoms with Gasteiger partial charge in [-0.2, -0.15) is 0 Å². The fraction of sp³-hybridized carbons (Fsp3) is 0.312. The minimum atomic E-state index is 0.150. The minimum Gasteiger partial charge on any atom is -0.334 e. The number of amides is 1. The Morgan fingerprint density at radius 3 is 2.25 bits per heavy atom. The largest absolute Gasteiger partial charge is 0.334 e. The second kappa shape index (κ2) is 5.51. The Balaban J connectivity index is 1.73. The summed E-state index contributed by atoms with van der Waals surface area (Å²) in [5, 5.41) is 0. The van der Waals surface area contributed by atoms with Crippen LogP contribution in [0.4, 0.5) is 0 Å². The number of aromatic nitrogens is 1. The van der Waals surface area contributed by atoms with E-state index in [0.29, 0.717) is 0 Å². The smallest absolute Gasteiger partial charge is 0.254 e. The molecule has 1 aromatic heterocycles. The highest BCUT2D eigenvalue weighted by Gasteiger charge is 2.22.